The van der Waals surface area contributed by atoms with Crippen LogP contribution in [0.3, 0.4) is 0 Å². The van der Waals surface area contributed by atoms with E-state index in [1.165, 1.54) is 6.07 Å². The minimum absolute atomic E-state index is 0.0170. The third kappa shape index (κ3) is 3.37. The van der Waals surface area contributed by atoms with E-state index in [0.29, 0.717) is 6.07 Å². The summed E-state index contributed by atoms with van der Waals surface area (Å²) in [6.45, 7) is 0. The van der Waals surface area contributed by atoms with Crippen molar-refractivity contribution in [2.75, 3.05) is 0 Å². The molecule has 7 heteroatoms. The van der Waals surface area contributed by atoms with E-state index >= 15 is 0 Å². The third-order valence-electron chi connectivity index (χ3n) is 2.23. The van der Waals surface area contributed by atoms with Gasteiger partial charge >= 0.3 is 12.1 Å². The number of alkyl halides is 3. The van der Waals surface area contributed by atoms with E-state index in [4.69, 9.17) is 22.0 Å². The first-order valence-corrected chi connectivity index (χ1v) is 5.11. The van der Waals surface area contributed by atoms with Gasteiger partial charge in [0, 0.05) is 0 Å². The van der Waals surface area contributed by atoms with E-state index in [1.54, 1.807) is 6.07 Å². The van der Waals surface area contributed by atoms with Gasteiger partial charge in [0.1, 0.15) is 0 Å². The summed E-state index contributed by atoms with van der Waals surface area (Å²) in [7, 11) is 0. The van der Waals surface area contributed by atoms with Crippen LogP contribution in [-0.2, 0) is 11.0 Å². The van der Waals surface area contributed by atoms with Gasteiger partial charge in [0.15, 0.2) is 0 Å². The Balaban J connectivity index is 3.19. The van der Waals surface area contributed by atoms with Gasteiger partial charge in [-0.05, 0) is 17.7 Å². The summed E-state index contributed by atoms with van der Waals surface area (Å²) in [4.78, 5) is 10.5. The highest BCUT2D eigenvalue weighted by Gasteiger charge is 2.34. The lowest BCUT2D eigenvalue weighted by Crippen LogP contribution is -2.09. The fraction of sp³-hybridized carbons (Fsp3) is 0.273. The van der Waals surface area contributed by atoms with Gasteiger partial charge in [-0.1, -0.05) is 17.7 Å². The standard InChI is InChI=1S/C11H7ClF3NO2/c12-9-2-1-6(3-8(9)11(13,14)15)7(5-16)4-10(17)18/h1-3,7H,4H2,(H,17,18). The second-order valence-corrected chi connectivity index (χ2v) is 3.92. The number of carbonyl (C=O) groups is 1. The number of nitrogens with zero attached hydrogens (tertiary/aromatic N) is 1. The van der Waals surface area contributed by atoms with E-state index in [9.17, 15) is 18.0 Å². The van der Waals surface area contributed by atoms with Crippen LogP contribution < -0.4 is 0 Å². The average Bonchev–Trinajstić information content (AvgIpc) is 2.25. The van der Waals surface area contributed by atoms with Crippen molar-refractivity contribution in [1.82, 2.24) is 0 Å². The molecule has 1 aromatic carbocycles. The summed E-state index contributed by atoms with van der Waals surface area (Å²) in [6, 6.07) is 4.59. The van der Waals surface area contributed by atoms with Crippen molar-refractivity contribution in [2.45, 2.75) is 18.5 Å². The molecule has 96 valence electrons. The van der Waals surface area contributed by atoms with E-state index in [-0.39, 0.29) is 5.56 Å². The van der Waals surface area contributed by atoms with Crippen LogP contribution in [0.2, 0.25) is 5.02 Å². The Morgan fingerprint density at radius 1 is 1.50 bits per heavy atom. The van der Waals surface area contributed by atoms with Crippen LogP contribution in [0.5, 0.6) is 0 Å². The first-order valence-electron chi connectivity index (χ1n) is 4.73. The molecular formula is C11H7ClF3NO2. The van der Waals surface area contributed by atoms with E-state index in [1.807, 2.05) is 0 Å². The Labute approximate surface area is 105 Å². The zero-order valence-corrected chi connectivity index (χ0v) is 9.59. The topological polar surface area (TPSA) is 61.1 Å². The van der Waals surface area contributed by atoms with Crippen LogP contribution in [-0.4, -0.2) is 11.1 Å². The maximum Gasteiger partial charge on any atom is 0.417 e. The van der Waals surface area contributed by atoms with Crippen molar-refractivity contribution in [3.05, 3.63) is 34.3 Å². The van der Waals surface area contributed by atoms with Crippen LogP contribution in [0, 0.1) is 11.3 Å². The molecule has 1 N–H and O–H groups in total. The molecule has 0 aromatic heterocycles. The molecule has 3 nitrogen and oxygen atoms in total. The van der Waals surface area contributed by atoms with Gasteiger partial charge in [-0.3, -0.25) is 4.79 Å². The molecule has 1 rings (SSSR count). The summed E-state index contributed by atoms with van der Waals surface area (Å²) in [5.74, 6) is -2.40. The zero-order chi connectivity index (χ0) is 13.9. The molecule has 0 fully saturated rings. The van der Waals surface area contributed by atoms with E-state index in [2.05, 4.69) is 0 Å². The number of nitriles is 1. The molecule has 0 aliphatic rings. The van der Waals surface area contributed by atoms with Crippen molar-refractivity contribution < 1.29 is 23.1 Å². The minimum atomic E-state index is -4.64. The molecule has 0 saturated heterocycles. The fourth-order valence-corrected chi connectivity index (χ4v) is 1.61. The van der Waals surface area contributed by atoms with Crippen LogP contribution in [0.15, 0.2) is 18.2 Å². The predicted octanol–water partition coefficient (Wildman–Crippen LogP) is 3.44. The van der Waals surface area contributed by atoms with Gasteiger partial charge in [-0.25, -0.2) is 0 Å². The molecule has 0 aliphatic heterocycles. The molecule has 1 unspecified atom stereocenters. The number of carboxylic acids is 1. The number of hydrogen-bond donors (Lipinski definition) is 1. The summed E-state index contributed by atoms with van der Waals surface area (Å²) in [6.07, 6.45) is -5.20. The van der Waals surface area contributed by atoms with Crippen LogP contribution in [0.25, 0.3) is 0 Å². The quantitative estimate of drug-likeness (QED) is 0.920. The molecule has 0 heterocycles. The number of hydrogen-bond acceptors (Lipinski definition) is 2. The molecule has 0 saturated carbocycles. The number of aliphatic carboxylic acids is 1. The highest BCUT2D eigenvalue weighted by molar-refractivity contribution is 6.31. The fourth-order valence-electron chi connectivity index (χ4n) is 1.39. The van der Waals surface area contributed by atoms with Crippen molar-refractivity contribution in [1.29, 1.82) is 5.26 Å². The third-order valence-corrected chi connectivity index (χ3v) is 2.56. The number of benzene rings is 1. The van der Waals surface area contributed by atoms with Crippen LogP contribution >= 0.6 is 11.6 Å². The van der Waals surface area contributed by atoms with Crippen molar-refractivity contribution in [2.24, 2.45) is 0 Å². The van der Waals surface area contributed by atoms with Crippen LogP contribution in [0.4, 0.5) is 13.2 Å². The largest absolute Gasteiger partial charge is 0.481 e. The molecule has 18 heavy (non-hydrogen) atoms. The minimum Gasteiger partial charge on any atom is -0.481 e. The lowest BCUT2D eigenvalue weighted by atomic mass is 9.95. The van der Waals surface area contributed by atoms with Gasteiger partial charge in [-0.15, -0.1) is 0 Å². The normalized spacial score (nSPS) is 12.8. The summed E-state index contributed by atoms with van der Waals surface area (Å²) in [5.41, 5.74) is -1.09. The van der Waals surface area contributed by atoms with Gasteiger partial charge in [0.25, 0.3) is 0 Å². The molecular weight excluding hydrogens is 271 g/mol. The highest BCUT2D eigenvalue weighted by atomic mass is 35.5. The van der Waals surface area contributed by atoms with Crippen molar-refractivity contribution >= 4 is 17.6 Å². The first kappa shape index (κ1) is 14.3. The Morgan fingerprint density at radius 2 is 2.11 bits per heavy atom. The van der Waals surface area contributed by atoms with Gasteiger partial charge < -0.3 is 5.11 Å². The highest BCUT2D eigenvalue weighted by Crippen LogP contribution is 2.36. The molecule has 0 amide bonds. The number of carboxylic acid groups (broad SMARTS) is 1. The maximum absolute atomic E-state index is 12.6. The summed E-state index contributed by atoms with van der Waals surface area (Å²) < 4.78 is 37.7. The van der Waals surface area contributed by atoms with Gasteiger partial charge in [0.2, 0.25) is 0 Å². The Morgan fingerprint density at radius 3 is 2.56 bits per heavy atom. The smallest absolute Gasteiger partial charge is 0.417 e. The maximum atomic E-state index is 12.6. The van der Waals surface area contributed by atoms with Crippen molar-refractivity contribution in [3.63, 3.8) is 0 Å². The monoisotopic (exact) mass is 277 g/mol. The van der Waals surface area contributed by atoms with Gasteiger partial charge in [0.05, 0.1) is 29.0 Å². The first-order chi connectivity index (χ1) is 8.25. The SMILES string of the molecule is N#CC(CC(=O)O)c1ccc(Cl)c(C(F)(F)F)c1. The second kappa shape index (κ2) is 5.27. The van der Waals surface area contributed by atoms with Gasteiger partial charge in [-0.2, -0.15) is 18.4 Å². The van der Waals surface area contributed by atoms with Crippen molar-refractivity contribution in [3.8, 4) is 6.07 Å². The number of halogens is 4. The second-order valence-electron chi connectivity index (χ2n) is 3.52. The lowest BCUT2D eigenvalue weighted by Gasteiger charge is -2.12. The lowest BCUT2D eigenvalue weighted by molar-refractivity contribution is -0.137. The number of rotatable bonds is 3. The average molecular weight is 278 g/mol. The molecule has 0 bridgehead atoms. The Bertz CT molecular complexity index is 508. The molecule has 1 atom stereocenters. The predicted molar refractivity (Wildman–Crippen MR) is 57.1 cm³/mol. The molecule has 0 radical (unpaired) electrons. The molecule has 0 spiro atoms. The Hall–Kier alpha value is -1.74. The summed E-state index contributed by atoms with van der Waals surface area (Å²) in [5, 5.41) is 16.8. The van der Waals surface area contributed by atoms with E-state index < -0.39 is 35.1 Å². The molecule has 0 aliphatic carbocycles. The zero-order valence-electron chi connectivity index (χ0n) is 8.83. The Kier molecular flexibility index (Phi) is 4.19. The van der Waals surface area contributed by atoms with Crippen LogP contribution in [0.1, 0.15) is 23.5 Å². The molecule has 1 aromatic rings. The summed E-state index contributed by atoms with van der Waals surface area (Å²) >= 11 is 5.42. The van der Waals surface area contributed by atoms with E-state index in [0.717, 1.165) is 6.07 Å².